The molecule has 0 spiro atoms. The first-order valence-corrected chi connectivity index (χ1v) is 6.92. The van der Waals surface area contributed by atoms with Crippen molar-refractivity contribution in [1.82, 2.24) is 0 Å². The van der Waals surface area contributed by atoms with E-state index >= 15 is 0 Å². The normalized spacial score (nSPS) is 10.4. The molecule has 1 aromatic heterocycles. The highest BCUT2D eigenvalue weighted by atomic mass is 32.1. The molecule has 1 heterocycles. The number of hydrogen-bond donors (Lipinski definition) is 0. The molecule has 0 fully saturated rings. The molecule has 2 rings (SSSR count). The molecule has 0 aliphatic heterocycles. The Morgan fingerprint density at radius 3 is 2.85 bits per heavy atom. The Morgan fingerprint density at radius 2 is 2.15 bits per heavy atom. The number of rotatable bonds is 7. The number of nitrogens with zero attached hydrogens (tertiary/aromatic N) is 1. The molecular weight excluding hydrogens is 278 g/mol. The van der Waals surface area contributed by atoms with Crippen LogP contribution in [-0.4, -0.2) is 23.9 Å². The van der Waals surface area contributed by atoms with Gasteiger partial charge in [0.1, 0.15) is 6.61 Å². The Balaban J connectivity index is 1.82. The number of Topliss-reactive ketones (excluding diaryl/α,β-unsaturated/α-hetero) is 1. The summed E-state index contributed by atoms with van der Waals surface area (Å²) in [4.78, 5) is 23.1. The lowest BCUT2D eigenvalue weighted by atomic mass is 10.1. The van der Waals surface area contributed by atoms with Crippen LogP contribution in [0.1, 0.15) is 15.2 Å². The van der Waals surface area contributed by atoms with Gasteiger partial charge in [0.05, 0.1) is 11.5 Å². The molecule has 6 heteroatoms. The van der Waals surface area contributed by atoms with Crippen LogP contribution in [0, 0.1) is 10.1 Å². The lowest BCUT2D eigenvalue weighted by molar-refractivity contribution is -0.384. The van der Waals surface area contributed by atoms with Crippen molar-refractivity contribution >= 4 is 22.8 Å². The topological polar surface area (TPSA) is 69.4 Å². The minimum atomic E-state index is -0.519. The van der Waals surface area contributed by atoms with E-state index in [-0.39, 0.29) is 18.1 Å². The lowest BCUT2D eigenvalue weighted by Crippen LogP contribution is -2.11. The summed E-state index contributed by atoms with van der Waals surface area (Å²) in [5, 5.41) is 12.6. The van der Waals surface area contributed by atoms with E-state index in [9.17, 15) is 14.9 Å². The quantitative estimate of drug-likeness (QED) is 0.340. The molecule has 0 aliphatic carbocycles. The number of carbonyl (C=O) groups is 1. The minimum Gasteiger partial charge on any atom is -0.373 e. The second-order valence-electron chi connectivity index (χ2n) is 4.11. The van der Waals surface area contributed by atoms with Crippen LogP contribution < -0.4 is 0 Å². The summed E-state index contributed by atoms with van der Waals surface area (Å²) in [6.07, 6.45) is 0.764. The van der Waals surface area contributed by atoms with Crippen LogP contribution in [0.4, 0.5) is 5.69 Å². The van der Waals surface area contributed by atoms with Gasteiger partial charge in [-0.15, -0.1) is 11.3 Å². The van der Waals surface area contributed by atoms with Gasteiger partial charge >= 0.3 is 0 Å². The smallest absolute Gasteiger partial charge is 0.270 e. The predicted octanol–water partition coefficient (Wildman–Crippen LogP) is 3.10. The Labute approximate surface area is 120 Å². The first kappa shape index (κ1) is 14.4. The number of ketones is 1. The van der Waals surface area contributed by atoms with Crippen LogP contribution in [0.25, 0.3) is 0 Å². The number of nitro groups is 1. The summed E-state index contributed by atoms with van der Waals surface area (Å²) in [6, 6.07) is 9.65. The first-order valence-electron chi connectivity index (χ1n) is 6.04. The van der Waals surface area contributed by atoms with Crippen LogP contribution in [0.15, 0.2) is 41.8 Å². The number of carbonyl (C=O) groups excluding carboxylic acids is 1. The van der Waals surface area contributed by atoms with Gasteiger partial charge in [-0.1, -0.05) is 18.2 Å². The summed E-state index contributed by atoms with van der Waals surface area (Å²) >= 11 is 1.64. The summed E-state index contributed by atoms with van der Waals surface area (Å²) in [6.45, 7) is 0.397. The van der Waals surface area contributed by atoms with Gasteiger partial charge in [-0.2, -0.15) is 0 Å². The molecule has 1 aromatic carbocycles. The predicted molar refractivity (Wildman–Crippen MR) is 76.3 cm³/mol. The van der Waals surface area contributed by atoms with Crippen molar-refractivity contribution in [3.8, 4) is 0 Å². The summed E-state index contributed by atoms with van der Waals surface area (Å²) in [5.41, 5.74) is 0.213. The number of hydrogen-bond acceptors (Lipinski definition) is 5. The second-order valence-corrected chi connectivity index (χ2v) is 5.14. The average molecular weight is 291 g/mol. The van der Waals surface area contributed by atoms with Gasteiger partial charge in [0.25, 0.3) is 5.69 Å². The summed E-state index contributed by atoms with van der Waals surface area (Å²) in [7, 11) is 0. The van der Waals surface area contributed by atoms with Crippen LogP contribution in [0.3, 0.4) is 0 Å². The molecule has 0 atom stereocenters. The van der Waals surface area contributed by atoms with Gasteiger partial charge in [0.15, 0.2) is 5.78 Å². The highest BCUT2D eigenvalue weighted by Gasteiger charge is 2.11. The molecule has 5 nitrogen and oxygen atoms in total. The third-order valence-corrected chi connectivity index (χ3v) is 3.62. The monoisotopic (exact) mass is 291 g/mol. The molecule has 0 bridgehead atoms. The Kier molecular flexibility index (Phi) is 4.97. The summed E-state index contributed by atoms with van der Waals surface area (Å²) in [5.74, 6) is -0.250. The lowest BCUT2D eigenvalue weighted by Gasteiger charge is -2.03. The second kappa shape index (κ2) is 6.93. The molecule has 0 radical (unpaired) electrons. The highest BCUT2D eigenvalue weighted by molar-refractivity contribution is 7.09. The zero-order valence-corrected chi connectivity index (χ0v) is 11.5. The molecule has 2 aromatic rings. The summed E-state index contributed by atoms with van der Waals surface area (Å²) < 4.78 is 5.31. The first-order chi connectivity index (χ1) is 9.66. The maximum atomic E-state index is 11.8. The van der Waals surface area contributed by atoms with Crippen molar-refractivity contribution < 1.29 is 14.5 Å². The van der Waals surface area contributed by atoms with Gasteiger partial charge in [0, 0.05) is 29.0 Å². The van der Waals surface area contributed by atoms with Crippen LogP contribution in [-0.2, 0) is 11.2 Å². The minimum absolute atomic E-state index is 0.0630. The molecule has 20 heavy (non-hydrogen) atoms. The fourth-order valence-electron chi connectivity index (χ4n) is 1.67. The number of non-ortho nitro benzene ring substituents is 1. The fourth-order valence-corrected chi connectivity index (χ4v) is 2.36. The van der Waals surface area contributed by atoms with E-state index in [1.54, 1.807) is 17.4 Å². The van der Waals surface area contributed by atoms with E-state index in [1.165, 1.54) is 23.1 Å². The van der Waals surface area contributed by atoms with Gasteiger partial charge in [-0.05, 0) is 11.4 Å². The van der Waals surface area contributed by atoms with Gasteiger partial charge < -0.3 is 4.74 Å². The molecule has 104 valence electrons. The largest absolute Gasteiger partial charge is 0.373 e. The van der Waals surface area contributed by atoms with Crippen LogP contribution in [0.2, 0.25) is 0 Å². The number of benzene rings is 1. The number of nitro benzene ring substituents is 1. The number of ether oxygens (including phenoxy) is 1. The van der Waals surface area contributed by atoms with Gasteiger partial charge in [-0.3, -0.25) is 14.9 Å². The zero-order chi connectivity index (χ0) is 14.4. The molecule has 0 saturated heterocycles. The van der Waals surface area contributed by atoms with E-state index in [1.807, 2.05) is 17.5 Å². The number of thiophene rings is 1. The third-order valence-electron chi connectivity index (χ3n) is 2.69. The van der Waals surface area contributed by atoms with E-state index < -0.39 is 4.92 Å². The molecule has 0 amide bonds. The van der Waals surface area contributed by atoms with Gasteiger partial charge in [0.2, 0.25) is 0 Å². The highest BCUT2D eigenvalue weighted by Crippen LogP contribution is 2.14. The van der Waals surface area contributed by atoms with E-state index in [4.69, 9.17) is 4.74 Å². The third kappa shape index (κ3) is 3.97. The van der Waals surface area contributed by atoms with Crippen molar-refractivity contribution in [2.24, 2.45) is 0 Å². The standard InChI is InChI=1S/C14H13NO4S/c16-14(10-19-7-6-13-5-2-8-20-13)11-3-1-4-12(9-11)15(17)18/h1-5,8-9H,6-7,10H2. The van der Waals surface area contributed by atoms with Gasteiger partial charge in [-0.25, -0.2) is 0 Å². The molecule has 0 unspecified atom stereocenters. The van der Waals surface area contributed by atoms with E-state index in [2.05, 4.69) is 0 Å². The average Bonchev–Trinajstić information content (AvgIpc) is 2.96. The van der Waals surface area contributed by atoms with Crippen molar-refractivity contribution in [2.45, 2.75) is 6.42 Å². The molecule has 0 aliphatic rings. The SMILES string of the molecule is O=C(COCCc1cccs1)c1cccc([N+](=O)[O-])c1. The Bertz CT molecular complexity index is 595. The van der Waals surface area contributed by atoms with Crippen molar-refractivity contribution in [1.29, 1.82) is 0 Å². The fraction of sp³-hybridized carbons (Fsp3) is 0.214. The van der Waals surface area contributed by atoms with E-state index in [0.717, 1.165) is 6.42 Å². The van der Waals surface area contributed by atoms with Crippen LogP contribution in [0.5, 0.6) is 0 Å². The maximum absolute atomic E-state index is 11.8. The Morgan fingerprint density at radius 1 is 1.30 bits per heavy atom. The molecular formula is C14H13NO4S. The van der Waals surface area contributed by atoms with Crippen LogP contribution >= 0.6 is 11.3 Å². The van der Waals surface area contributed by atoms with Crippen molar-refractivity contribution in [3.05, 3.63) is 62.3 Å². The Hall–Kier alpha value is -2.05. The maximum Gasteiger partial charge on any atom is 0.270 e. The van der Waals surface area contributed by atoms with E-state index in [0.29, 0.717) is 12.2 Å². The van der Waals surface area contributed by atoms with Crippen molar-refractivity contribution in [3.63, 3.8) is 0 Å². The molecule has 0 saturated carbocycles. The van der Waals surface area contributed by atoms with Crippen molar-refractivity contribution in [2.75, 3.05) is 13.2 Å². The molecule has 0 N–H and O–H groups in total. The zero-order valence-electron chi connectivity index (χ0n) is 10.7.